The van der Waals surface area contributed by atoms with Gasteiger partial charge in [0.25, 0.3) is 5.91 Å². The molecule has 0 spiro atoms. The molecule has 24 heavy (non-hydrogen) atoms. The number of carbonyl (C=O) groups excluding carboxylic acids is 2. The average molecular weight is 326 g/mol. The summed E-state index contributed by atoms with van der Waals surface area (Å²) in [5.74, 6) is -0.306. The van der Waals surface area contributed by atoms with E-state index in [1.807, 2.05) is 37.3 Å². The Balaban J connectivity index is 1.62. The van der Waals surface area contributed by atoms with E-state index >= 15 is 0 Å². The van der Waals surface area contributed by atoms with Gasteiger partial charge in [0, 0.05) is 37.0 Å². The van der Waals surface area contributed by atoms with E-state index in [0.717, 1.165) is 6.42 Å². The number of nitrogens with zero attached hydrogens (tertiary/aromatic N) is 1. The van der Waals surface area contributed by atoms with Crippen LogP contribution < -0.4 is 16.2 Å². The number of hydrogen-bond acceptors (Lipinski definition) is 4. The molecule has 0 bridgehead atoms. The summed E-state index contributed by atoms with van der Waals surface area (Å²) in [5.41, 5.74) is 7.01. The first-order chi connectivity index (χ1) is 11.6. The van der Waals surface area contributed by atoms with E-state index in [0.29, 0.717) is 12.1 Å². The number of hydrogen-bond donors (Lipinski definition) is 3. The van der Waals surface area contributed by atoms with Gasteiger partial charge in [-0.15, -0.1) is 0 Å². The number of aromatic nitrogens is 1. The molecule has 0 saturated carbocycles. The Morgan fingerprint density at radius 2 is 1.79 bits per heavy atom. The van der Waals surface area contributed by atoms with Crippen molar-refractivity contribution in [2.75, 3.05) is 6.54 Å². The van der Waals surface area contributed by atoms with E-state index in [4.69, 9.17) is 0 Å². The number of nitrogens with one attached hydrogen (secondary N) is 3. The monoisotopic (exact) mass is 326 g/mol. The van der Waals surface area contributed by atoms with Crippen molar-refractivity contribution < 1.29 is 9.59 Å². The maximum absolute atomic E-state index is 11.9. The molecule has 1 heterocycles. The Hall–Kier alpha value is -2.73. The van der Waals surface area contributed by atoms with Crippen LogP contribution in [0.15, 0.2) is 54.9 Å². The average Bonchev–Trinajstić information content (AvgIpc) is 2.60. The Morgan fingerprint density at radius 3 is 2.50 bits per heavy atom. The van der Waals surface area contributed by atoms with Crippen LogP contribution in [0.25, 0.3) is 0 Å². The predicted octanol–water partition coefficient (Wildman–Crippen LogP) is 1.45. The van der Waals surface area contributed by atoms with Gasteiger partial charge >= 0.3 is 0 Å². The van der Waals surface area contributed by atoms with Gasteiger partial charge in [0.05, 0.1) is 0 Å². The minimum Gasteiger partial charge on any atom is -0.353 e. The topological polar surface area (TPSA) is 83.1 Å². The van der Waals surface area contributed by atoms with Gasteiger partial charge in [-0.1, -0.05) is 30.3 Å². The first-order valence-electron chi connectivity index (χ1n) is 7.91. The van der Waals surface area contributed by atoms with E-state index in [1.165, 1.54) is 5.56 Å². The maximum Gasteiger partial charge on any atom is 0.265 e. The maximum atomic E-state index is 11.9. The molecule has 0 saturated heterocycles. The lowest BCUT2D eigenvalue weighted by Gasteiger charge is -2.14. The quantitative estimate of drug-likeness (QED) is 0.506. The van der Waals surface area contributed by atoms with E-state index in [9.17, 15) is 9.59 Å². The molecule has 1 aromatic heterocycles. The van der Waals surface area contributed by atoms with Gasteiger partial charge in [0.15, 0.2) is 0 Å². The third-order valence-corrected chi connectivity index (χ3v) is 3.41. The molecular formula is C18H22N4O2. The van der Waals surface area contributed by atoms with Crippen molar-refractivity contribution in [2.45, 2.75) is 25.8 Å². The smallest absolute Gasteiger partial charge is 0.265 e. The molecule has 1 atom stereocenters. The van der Waals surface area contributed by atoms with Crippen molar-refractivity contribution in [3.63, 3.8) is 0 Å². The van der Waals surface area contributed by atoms with Gasteiger partial charge in [-0.2, -0.15) is 0 Å². The summed E-state index contributed by atoms with van der Waals surface area (Å²) in [4.78, 5) is 27.5. The van der Waals surface area contributed by atoms with E-state index in [-0.39, 0.29) is 24.3 Å². The van der Waals surface area contributed by atoms with Crippen molar-refractivity contribution in [2.24, 2.45) is 0 Å². The van der Waals surface area contributed by atoms with Crippen molar-refractivity contribution >= 4 is 11.8 Å². The third kappa shape index (κ3) is 6.18. The minimum absolute atomic E-state index is 0.0518. The second-order valence-corrected chi connectivity index (χ2v) is 5.53. The fourth-order valence-corrected chi connectivity index (χ4v) is 2.26. The Kier molecular flexibility index (Phi) is 6.91. The minimum atomic E-state index is -0.254. The van der Waals surface area contributed by atoms with Gasteiger partial charge in [-0.25, -0.2) is 5.43 Å². The molecule has 3 N–H and O–H groups in total. The largest absolute Gasteiger partial charge is 0.353 e. The normalized spacial score (nSPS) is 11.5. The SMILES string of the molecule is C[C@H](Cc1ccccc1)NC(=O)CCNNC(=O)c1ccncc1. The molecule has 0 aliphatic rings. The number of amides is 2. The molecule has 0 fully saturated rings. The zero-order chi connectivity index (χ0) is 17.2. The first-order valence-corrected chi connectivity index (χ1v) is 7.91. The van der Waals surface area contributed by atoms with E-state index in [2.05, 4.69) is 21.2 Å². The van der Waals surface area contributed by atoms with Crippen LogP contribution in [0, 0.1) is 0 Å². The van der Waals surface area contributed by atoms with Crippen LogP contribution in [0.3, 0.4) is 0 Å². The summed E-state index contributed by atoms with van der Waals surface area (Å²) in [5, 5.41) is 2.95. The molecule has 1 aromatic carbocycles. The zero-order valence-electron chi connectivity index (χ0n) is 13.7. The Labute approximate surface area is 141 Å². The molecule has 0 aliphatic carbocycles. The number of pyridine rings is 1. The highest BCUT2D eigenvalue weighted by Gasteiger charge is 2.08. The second-order valence-electron chi connectivity index (χ2n) is 5.53. The fourth-order valence-electron chi connectivity index (χ4n) is 2.26. The van der Waals surface area contributed by atoms with Crippen molar-refractivity contribution in [3.05, 3.63) is 66.0 Å². The van der Waals surface area contributed by atoms with Gasteiger partial charge in [0.1, 0.15) is 0 Å². The van der Waals surface area contributed by atoms with Crippen LogP contribution in [0.5, 0.6) is 0 Å². The van der Waals surface area contributed by atoms with Crippen molar-refractivity contribution in [1.82, 2.24) is 21.2 Å². The standard InChI is InChI=1S/C18H22N4O2/c1-14(13-15-5-3-2-4-6-15)21-17(23)9-12-20-22-18(24)16-7-10-19-11-8-16/h2-8,10-11,14,20H,9,12-13H2,1H3,(H,21,23)(H,22,24)/t14-/m1/s1. The molecule has 2 rings (SSSR count). The van der Waals surface area contributed by atoms with E-state index in [1.54, 1.807) is 24.5 Å². The third-order valence-electron chi connectivity index (χ3n) is 3.41. The van der Waals surface area contributed by atoms with Gasteiger partial charge in [0.2, 0.25) is 5.91 Å². The van der Waals surface area contributed by atoms with Crippen LogP contribution >= 0.6 is 0 Å². The van der Waals surface area contributed by atoms with Crippen LogP contribution in [-0.4, -0.2) is 29.4 Å². The predicted molar refractivity (Wildman–Crippen MR) is 92.1 cm³/mol. The number of hydrazine groups is 1. The molecule has 126 valence electrons. The fraction of sp³-hybridized carbons (Fsp3) is 0.278. The summed E-state index contributed by atoms with van der Waals surface area (Å²) < 4.78 is 0. The summed E-state index contributed by atoms with van der Waals surface area (Å²) in [6, 6.07) is 13.3. The first kappa shape index (κ1) is 17.6. The molecule has 6 heteroatoms. The van der Waals surface area contributed by atoms with Crippen LogP contribution in [0.1, 0.15) is 29.3 Å². The number of rotatable bonds is 8. The second kappa shape index (κ2) is 9.42. The highest BCUT2D eigenvalue weighted by molar-refractivity contribution is 5.93. The molecule has 2 aromatic rings. The summed E-state index contributed by atoms with van der Waals surface area (Å²) >= 11 is 0. The van der Waals surface area contributed by atoms with Gasteiger partial charge in [-0.05, 0) is 31.0 Å². The Bertz CT molecular complexity index is 647. The van der Waals surface area contributed by atoms with Crippen molar-refractivity contribution in [3.8, 4) is 0 Å². The Morgan fingerprint density at radius 1 is 1.08 bits per heavy atom. The van der Waals surface area contributed by atoms with Crippen LogP contribution in [0.2, 0.25) is 0 Å². The lowest BCUT2D eigenvalue weighted by atomic mass is 10.1. The van der Waals surface area contributed by atoms with Gasteiger partial charge in [-0.3, -0.25) is 20.0 Å². The molecule has 6 nitrogen and oxygen atoms in total. The van der Waals surface area contributed by atoms with Crippen molar-refractivity contribution in [1.29, 1.82) is 0 Å². The molecule has 0 aliphatic heterocycles. The lowest BCUT2D eigenvalue weighted by molar-refractivity contribution is -0.121. The summed E-state index contributed by atoms with van der Waals surface area (Å²) in [7, 11) is 0. The molecule has 0 unspecified atom stereocenters. The summed E-state index contributed by atoms with van der Waals surface area (Å²) in [6.07, 6.45) is 4.18. The highest BCUT2D eigenvalue weighted by atomic mass is 16.2. The van der Waals surface area contributed by atoms with Crippen LogP contribution in [-0.2, 0) is 11.2 Å². The lowest BCUT2D eigenvalue weighted by Crippen LogP contribution is -2.41. The zero-order valence-corrected chi connectivity index (χ0v) is 13.7. The highest BCUT2D eigenvalue weighted by Crippen LogP contribution is 2.02. The number of carbonyl (C=O) groups is 2. The molecule has 2 amide bonds. The van der Waals surface area contributed by atoms with Gasteiger partial charge < -0.3 is 5.32 Å². The molecule has 0 radical (unpaired) electrons. The number of benzene rings is 1. The summed E-state index contributed by atoms with van der Waals surface area (Å²) in [6.45, 7) is 2.34. The van der Waals surface area contributed by atoms with Crippen LogP contribution in [0.4, 0.5) is 0 Å². The molecular weight excluding hydrogens is 304 g/mol. The van der Waals surface area contributed by atoms with E-state index < -0.39 is 0 Å².